The van der Waals surface area contributed by atoms with Crippen LogP contribution in [0.15, 0.2) is 12.1 Å². The Bertz CT molecular complexity index is 361. The molecule has 0 aliphatic heterocycles. The van der Waals surface area contributed by atoms with Crippen molar-refractivity contribution in [1.82, 2.24) is 0 Å². The second kappa shape index (κ2) is 4.33. The van der Waals surface area contributed by atoms with Crippen LogP contribution in [0.25, 0.3) is 0 Å². The number of ketones is 1. The Morgan fingerprint density at radius 3 is 2.64 bits per heavy atom. The molecule has 0 fully saturated rings. The van der Waals surface area contributed by atoms with Gasteiger partial charge < -0.3 is 5.73 Å². The minimum Gasteiger partial charge on any atom is -0.330 e. The van der Waals surface area contributed by atoms with Gasteiger partial charge in [0.05, 0.1) is 5.56 Å². The van der Waals surface area contributed by atoms with E-state index >= 15 is 0 Å². The van der Waals surface area contributed by atoms with Crippen molar-refractivity contribution in [2.75, 3.05) is 6.54 Å². The first-order chi connectivity index (χ1) is 6.57. The van der Waals surface area contributed by atoms with Crippen LogP contribution in [0.4, 0.5) is 4.39 Å². The van der Waals surface area contributed by atoms with Crippen LogP contribution in [-0.4, -0.2) is 12.3 Å². The summed E-state index contributed by atoms with van der Waals surface area (Å²) in [5, 5.41) is 0. The molecule has 0 aliphatic carbocycles. The number of rotatable bonds is 3. The van der Waals surface area contributed by atoms with E-state index in [1.807, 2.05) is 6.92 Å². The Balaban J connectivity index is 3.18. The summed E-state index contributed by atoms with van der Waals surface area (Å²) < 4.78 is 13.3. The molecule has 0 bridgehead atoms. The molecule has 1 aromatic rings. The van der Waals surface area contributed by atoms with Crippen molar-refractivity contribution in [2.24, 2.45) is 5.73 Å². The number of Topliss-reactive ketones (excluding diaryl/α,β-unsaturated/α-hetero) is 1. The van der Waals surface area contributed by atoms with Gasteiger partial charge in [-0.2, -0.15) is 0 Å². The highest BCUT2D eigenvalue weighted by atomic mass is 19.1. The molecule has 14 heavy (non-hydrogen) atoms. The van der Waals surface area contributed by atoms with Gasteiger partial charge in [-0.05, 0) is 37.6 Å². The van der Waals surface area contributed by atoms with E-state index in [-0.39, 0.29) is 24.3 Å². The first kappa shape index (κ1) is 10.9. The fourth-order valence-electron chi connectivity index (χ4n) is 1.38. The van der Waals surface area contributed by atoms with E-state index in [9.17, 15) is 9.18 Å². The van der Waals surface area contributed by atoms with Gasteiger partial charge in [0.15, 0.2) is 5.78 Å². The second-order valence-electron chi connectivity index (χ2n) is 3.33. The van der Waals surface area contributed by atoms with Gasteiger partial charge in [0.25, 0.3) is 0 Å². The van der Waals surface area contributed by atoms with Gasteiger partial charge in [0.1, 0.15) is 5.82 Å². The van der Waals surface area contributed by atoms with Gasteiger partial charge in [-0.25, -0.2) is 4.39 Å². The molecule has 0 aliphatic rings. The molecule has 1 rings (SSSR count). The van der Waals surface area contributed by atoms with Gasteiger partial charge in [-0.1, -0.05) is 6.07 Å². The van der Waals surface area contributed by atoms with E-state index in [0.29, 0.717) is 5.56 Å². The van der Waals surface area contributed by atoms with E-state index < -0.39 is 5.82 Å². The molecule has 76 valence electrons. The fourth-order valence-corrected chi connectivity index (χ4v) is 1.38. The van der Waals surface area contributed by atoms with Gasteiger partial charge in [-0.3, -0.25) is 4.79 Å². The normalized spacial score (nSPS) is 10.3. The predicted octanol–water partition coefficient (Wildman–Crippen LogP) is 1.97. The van der Waals surface area contributed by atoms with Crippen molar-refractivity contribution in [1.29, 1.82) is 0 Å². The number of hydrogen-bond acceptors (Lipinski definition) is 2. The summed E-state index contributed by atoms with van der Waals surface area (Å²) in [4.78, 5) is 11.5. The van der Waals surface area contributed by atoms with Crippen LogP contribution >= 0.6 is 0 Å². The number of halogens is 1. The SMILES string of the molecule is Cc1ccc(F)c(C(=O)CCN)c1C. The molecule has 0 spiro atoms. The minimum absolute atomic E-state index is 0.190. The smallest absolute Gasteiger partial charge is 0.167 e. The van der Waals surface area contributed by atoms with Crippen LogP contribution in [0.5, 0.6) is 0 Å². The Kier molecular flexibility index (Phi) is 3.36. The molecule has 0 aromatic heterocycles. The molecule has 1 aromatic carbocycles. The van der Waals surface area contributed by atoms with Crippen molar-refractivity contribution in [3.8, 4) is 0 Å². The number of carbonyl (C=O) groups is 1. The first-order valence-electron chi connectivity index (χ1n) is 4.57. The van der Waals surface area contributed by atoms with Gasteiger partial charge in [-0.15, -0.1) is 0 Å². The molecule has 0 heterocycles. The number of carbonyl (C=O) groups excluding carboxylic acids is 1. The average molecular weight is 195 g/mol. The topological polar surface area (TPSA) is 43.1 Å². The highest BCUT2D eigenvalue weighted by Gasteiger charge is 2.14. The standard InChI is InChI=1S/C11H14FNO/c1-7-3-4-9(12)11(8(7)2)10(14)5-6-13/h3-4H,5-6,13H2,1-2H3. The van der Waals surface area contributed by atoms with Crippen molar-refractivity contribution in [3.63, 3.8) is 0 Å². The highest BCUT2D eigenvalue weighted by Crippen LogP contribution is 2.18. The molecule has 0 radical (unpaired) electrons. The Morgan fingerprint density at radius 1 is 1.43 bits per heavy atom. The third-order valence-corrected chi connectivity index (χ3v) is 2.34. The summed E-state index contributed by atoms with van der Waals surface area (Å²) in [6, 6.07) is 3.00. The maximum absolute atomic E-state index is 13.3. The van der Waals surface area contributed by atoms with E-state index in [4.69, 9.17) is 5.73 Å². The molecule has 0 saturated heterocycles. The number of nitrogens with two attached hydrogens (primary N) is 1. The number of aryl methyl sites for hydroxylation is 1. The molecule has 3 heteroatoms. The van der Waals surface area contributed by atoms with E-state index in [1.165, 1.54) is 6.07 Å². The Morgan fingerprint density at radius 2 is 2.07 bits per heavy atom. The van der Waals surface area contributed by atoms with Crippen molar-refractivity contribution < 1.29 is 9.18 Å². The fraction of sp³-hybridized carbons (Fsp3) is 0.364. The minimum atomic E-state index is -0.452. The van der Waals surface area contributed by atoms with Crippen LogP contribution in [0.2, 0.25) is 0 Å². The largest absolute Gasteiger partial charge is 0.330 e. The van der Waals surface area contributed by atoms with Crippen LogP contribution in [-0.2, 0) is 0 Å². The summed E-state index contributed by atoms with van der Waals surface area (Å²) in [5.41, 5.74) is 7.09. The molecule has 2 N–H and O–H groups in total. The third-order valence-electron chi connectivity index (χ3n) is 2.34. The van der Waals surface area contributed by atoms with Crippen LogP contribution in [0.3, 0.4) is 0 Å². The summed E-state index contributed by atoms with van der Waals surface area (Å²) >= 11 is 0. The molecule has 2 nitrogen and oxygen atoms in total. The zero-order valence-corrected chi connectivity index (χ0v) is 8.43. The van der Waals surface area contributed by atoms with Gasteiger partial charge >= 0.3 is 0 Å². The van der Waals surface area contributed by atoms with E-state index in [1.54, 1.807) is 13.0 Å². The molecule has 0 atom stereocenters. The Hall–Kier alpha value is -1.22. The lowest BCUT2D eigenvalue weighted by Crippen LogP contribution is -2.11. The third kappa shape index (κ3) is 1.99. The van der Waals surface area contributed by atoms with E-state index in [0.717, 1.165) is 5.56 Å². The second-order valence-corrected chi connectivity index (χ2v) is 3.33. The quantitative estimate of drug-likeness (QED) is 0.749. The lowest BCUT2D eigenvalue weighted by Gasteiger charge is -2.08. The number of benzene rings is 1. The molecule has 0 amide bonds. The van der Waals surface area contributed by atoms with Crippen molar-refractivity contribution in [2.45, 2.75) is 20.3 Å². The monoisotopic (exact) mass is 195 g/mol. The zero-order chi connectivity index (χ0) is 10.7. The van der Waals surface area contributed by atoms with Gasteiger partial charge in [0.2, 0.25) is 0 Å². The zero-order valence-electron chi connectivity index (χ0n) is 8.43. The van der Waals surface area contributed by atoms with Crippen molar-refractivity contribution in [3.05, 3.63) is 34.6 Å². The number of hydrogen-bond donors (Lipinski definition) is 1. The van der Waals surface area contributed by atoms with Gasteiger partial charge in [0, 0.05) is 6.42 Å². The summed E-state index contributed by atoms with van der Waals surface area (Å²) in [6.07, 6.45) is 0.196. The molecular formula is C11H14FNO. The summed E-state index contributed by atoms with van der Waals surface area (Å²) in [6.45, 7) is 3.86. The van der Waals surface area contributed by atoms with Crippen LogP contribution < -0.4 is 5.73 Å². The maximum Gasteiger partial charge on any atom is 0.167 e. The van der Waals surface area contributed by atoms with Crippen LogP contribution in [0.1, 0.15) is 27.9 Å². The summed E-state index contributed by atoms with van der Waals surface area (Å²) in [7, 11) is 0. The lowest BCUT2D eigenvalue weighted by molar-refractivity contribution is 0.0981. The highest BCUT2D eigenvalue weighted by molar-refractivity contribution is 5.98. The molecule has 0 saturated carbocycles. The Labute approximate surface area is 82.9 Å². The van der Waals surface area contributed by atoms with Crippen molar-refractivity contribution >= 4 is 5.78 Å². The predicted molar refractivity (Wildman–Crippen MR) is 53.9 cm³/mol. The van der Waals surface area contributed by atoms with E-state index in [2.05, 4.69) is 0 Å². The lowest BCUT2D eigenvalue weighted by atomic mass is 9.98. The molecule has 0 unspecified atom stereocenters. The summed E-state index contributed by atoms with van der Waals surface area (Å²) in [5.74, 6) is -0.669. The maximum atomic E-state index is 13.3. The average Bonchev–Trinajstić information content (AvgIpc) is 2.13. The van der Waals surface area contributed by atoms with Crippen LogP contribution in [0, 0.1) is 19.7 Å². The molecular weight excluding hydrogens is 181 g/mol. The first-order valence-corrected chi connectivity index (χ1v) is 4.57.